The van der Waals surface area contributed by atoms with Crippen LogP contribution < -0.4 is 14.8 Å². The fraction of sp³-hybridized carbons (Fsp3) is 0.0800. The molecule has 0 saturated carbocycles. The molecule has 0 radical (unpaired) electrons. The van der Waals surface area contributed by atoms with Crippen molar-refractivity contribution >= 4 is 34.0 Å². The number of halogens is 1. The van der Waals surface area contributed by atoms with Crippen LogP contribution in [0.15, 0.2) is 84.9 Å². The maximum atomic E-state index is 13.0. The molecule has 0 unspecified atom stereocenters. The lowest BCUT2D eigenvalue weighted by Crippen LogP contribution is -2.13. The maximum absolute atomic E-state index is 13.0. The van der Waals surface area contributed by atoms with Gasteiger partial charge in [0.2, 0.25) is 0 Å². The number of rotatable bonds is 6. The first kappa shape index (κ1) is 19.8. The van der Waals surface area contributed by atoms with E-state index in [0.717, 1.165) is 22.0 Å². The first-order valence-electron chi connectivity index (χ1n) is 9.49. The molecule has 4 rings (SSSR count). The highest BCUT2D eigenvalue weighted by atomic mass is 35.5. The molecule has 4 nitrogen and oxygen atoms in total. The summed E-state index contributed by atoms with van der Waals surface area (Å²) in [6, 6.07) is 26.7. The molecule has 30 heavy (non-hydrogen) atoms. The van der Waals surface area contributed by atoms with Crippen LogP contribution in [0, 0.1) is 0 Å². The normalized spacial score (nSPS) is 10.6. The lowest BCUT2D eigenvalue weighted by atomic mass is 10.1. The molecule has 0 aliphatic rings. The highest BCUT2D eigenvalue weighted by Crippen LogP contribution is 2.37. The predicted octanol–water partition coefficient (Wildman–Crippen LogP) is 6.33. The van der Waals surface area contributed by atoms with Crippen LogP contribution in [-0.2, 0) is 6.61 Å². The number of hydrogen-bond donors (Lipinski definition) is 1. The number of carbonyl (C=O) groups is 1. The highest BCUT2D eigenvalue weighted by molar-refractivity contribution is 6.32. The van der Waals surface area contributed by atoms with Gasteiger partial charge in [0.15, 0.2) is 11.5 Å². The second-order valence-electron chi connectivity index (χ2n) is 6.74. The Labute approximate surface area is 180 Å². The minimum atomic E-state index is -0.277. The Balaban J connectivity index is 1.61. The van der Waals surface area contributed by atoms with Gasteiger partial charge in [0, 0.05) is 16.6 Å². The summed E-state index contributed by atoms with van der Waals surface area (Å²) >= 11 is 6.37. The van der Waals surface area contributed by atoms with E-state index in [9.17, 15) is 4.79 Å². The molecule has 1 amide bonds. The fourth-order valence-electron chi connectivity index (χ4n) is 3.27. The molecular formula is C25H20ClNO3. The largest absolute Gasteiger partial charge is 0.491 e. The number of hydrogen-bond acceptors (Lipinski definition) is 3. The van der Waals surface area contributed by atoms with E-state index in [1.807, 2.05) is 72.8 Å². The summed E-state index contributed by atoms with van der Waals surface area (Å²) in [4.78, 5) is 13.0. The van der Waals surface area contributed by atoms with Gasteiger partial charge in [-0.3, -0.25) is 4.79 Å². The smallest absolute Gasteiger partial charge is 0.255 e. The number of carbonyl (C=O) groups excluding carboxylic acids is 1. The lowest BCUT2D eigenvalue weighted by Gasteiger charge is -2.15. The Morgan fingerprint density at radius 1 is 0.933 bits per heavy atom. The topological polar surface area (TPSA) is 47.6 Å². The molecule has 0 spiro atoms. The zero-order chi connectivity index (χ0) is 20.9. The SMILES string of the molecule is COc1c(Cl)cc(C(=O)Nc2cccc3ccccc23)cc1OCc1ccccc1. The van der Waals surface area contributed by atoms with Crippen LogP contribution in [0.25, 0.3) is 10.8 Å². The average Bonchev–Trinajstić information content (AvgIpc) is 2.78. The Hall–Kier alpha value is -3.50. The summed E-state index contributed by atoms with van der Waals surface area (Å²) in [6.45, 7) is 0.335. The van der Waals surface area contributed by atoms with E-state index in [4.69, 9.17) is 21.1 Å². The second kappa shape index (κ2) is 8.89. The van der Waals surface area contributed by atoms with Crippen LogP contribution >= 0.6 is 11.6 Å². The van der Waals surface area contributed by atoms with E-state index in [2.05, 4.69) is 5.32 Å². The Kier molecular flexibility index (Phi) is 5.87. The summed E-state index contributed by atoms with van der Waals surface area (Å²) in [5.74, 6) is 0.534. The zero-order valence-corrected chi connectivity index (χ0v) is 17.1. The number of ether oxygens (including phenoxy) is 2. The molecule has 0 fully saturated rings. The van der Waals surface area contributed by atoms with Gasteiger partial charge < -0.3 is 14.8 Å². The zero-order valence-electron chi connectivity index (χ0n) is 16.4. The van der Waals surface area contributed by atoms with Crippen LogP contribution in [0.3, 0.4) is 0 Å². The standard InChI is InChI=1S/C25H20ClNO3/c1-29-24-21(26)14-19(15-23(24)30-16-17-8-3-2-4-9-17)25(28)27-22-13-7-11-18-10-5-6-12-20(18)22/h2-15H,16H2,1H3,(H,27,28). The number of nitrogens with one attached hydrogen (secondary N) is 1. The molecule has 1 N–H and O–H groups in total. The lowest BCUT2D eigenvalue weighted by molar-refractivity contribution is 0.102. The van der Waals surface area contributed by atoms with E-state index < -0.39 is 0 Å². The summed E-state index contributed by atoms with van der Waals surface area (Å²) in [5.41, 5.74) is 2.12. The van der Waals surface area contributed by atoms with Crippen LogP contribution in [0.4, 0.5) is 5.69 Å². The highest BCUT2D eigenvalue weighted by Gasteiger charge is 2.17. The van der Waals surface area contributed by atoms with Crippen molar-refractivity contribution in [1.82, 2.24) is 0 Å². The van der Waals surface area contributed by atoms with Gasteiger partial charge >= 0.3 is 0 Å². The van der Waals surface area contributed by atoms with E-state index in [1.54, 1.807) is 12.1 Å². The first-order valence-corrected chi connectivity index (χ1v) is 9.87. The van der Waals surface area contributed by atoms with Crippen molar-refractivity contribution in [3.05, 3.63) is 101 Å². The molecule has 0 aliphatic heterocycles. The summed E-state index contributed by atoms with van der Waals surface area (Å²) in [7, 11) is 1.52. The third-order valence-electron chi connectivity index (χ3n) is 4.75. The third kappa shape index (κ3) is 4.24. The number of fused-ring (bicyclic) bond motifs is 1. The maximum Gasteiger partial charge on any atom is 0.255 e. The molecule has 4 aromatic carbocycles. The molecule has 0 aliphatic carbocycles. The van der Waals surface area contributed by atoms with Crippen molar-refractivity contribution in [2.45, 2.75) is 6.61 Å². The van der Waals surface area contributed by atoms with Crippen LogP contribution in [-0.4, -0.2) is 13.0 Å². The van der Waals surface area contributed by atoms with Crippen LogP contribution in [0.1, 0.15) is 15.9 Å². The summed E-state index contributed by atoms with van der Waals surface area (Å²) in [5, 5.41) is 5.30. The number of methoxy groups -OCH3 is 1. The van der Waals surface area contributed by atoms with Gasteiger partial charge in [-0.15, -0.1) is 0 Å². The molecule has 5 heteroatoms. The van der Waals surface area contributed by atoms with Gasteiger partial charge in [0.25, 0.3) is 5.91 Å². The third-order valence-corrected chi connectivity index (χ3v) is 5.03. The minimum absolute atomic E-state index is 0.277. The number of amides is 1. The van der Waals surface area contributed by atoms with Crippen molar-refractivity contribution < 1.29 is 14.3 Å². The Bertz CT molecular complexity index is 1190. The molecule has 0 heterocycles. The number of benzene rings is 4. The molecule has 0 saturated heterocycles. The quantitative estimate of drug-likeness (QED) is 0.398. The van der Waals surface area contributed by atoms with Gasteiger partial charge in [-0.2, -0.15) is 0 Å². The van der Waals surface area contributed by atoms with E-state index in [1.165, 1.54) is 7.11 Å². The summed E-state index contributed by atoms with van der Waals surface area (Å²) in [6.07, 6.45) is 0. The molecular weight excluding hydrogens is 398 g/mol. The minimum Gasteiger partial charge on any atom is -0.491 e. The Morgan fingerprint density at radius 3 is 2.47 bits per heavy atom. The van der Waals surface area contributed by atoms with Gasteiger partial charge in [-0.1, -0.05) is 78.3 Å². The fourth-order valence-corrected chi connectivity index (χ4v) is 3.56. The molecule has 4 aromatic rings. The van der Waals surface area contributed by atoms with Crippen molar-refractivity contribution in [2.24, 2.45) is 0 Å². The average molecular weight is 418 g/mol. The molecule has 0 atom stereocenters. The van der Waals surface area contributed by atoms with Gasteiger partial charge in [-0.05, 0) is 29.1 Å². The van der Waals surface area contributed by atoms with E-state index in [-0.39, 0.29) is 5.91 Å². The van der Waals surface area contributed by atoms with Crippen molar-refractivity contribution in [2.75, 3.05) is 12.4 Å². The molecule has 0 bridgehead atoms. The van der Waals surface area contributed by atoms with Gasteiger partial charge in [0.05, 0.1) is 12.1 Å². The Morgan fingerprint density at radius 2 is 1.67 bits per heavy atom. The van der Waals surface area contributed by atoms with E-state index >= 15 is 0 Å². The van der Waals surface area contributed by atoms with Crippen LogP contribution in [0.2, 0.25) is 5.02 Å². The van der Waals surface area contributed by atoms with Gasteiger partial charge in [0.1, 0.15) is 6.61 Å². The summed E-state index contributed by atoms with van der Waals surface area (Å²) < 4.78 is 11.3. The van der Waals surface area contributed by atoms with Crippen LogP contribution in [0.5, 0.6) is 11.5 Å². The van der Waals surface area contributed by atoms with Gasteiger partial charge in [-0.25, -0.2) is 0 Å². The van der Waals surface area contributed by atoms with Crippen molar-refractivity contribution in [3.8, 4) is 11.5 Å². The second-order valence-corrected chi connectivity index (χ2v) is 7.15. The number of anilines is 1. The monoisotopic (exact) mass is 417 g/mol. The van der Waals surface area contributed by atoms with E-state index in [0.29, 0.717) is 28.7 Å². The molecule has 150 valence electrons. The molecule has 0 aromatic heterocycles. The predicted molar refractivity (Wildman–Crippen MR) is 121 cm³/mol. The first-order chi connectivity index (χ1) is 14.7. The van der Waals surface area contributed by atoms with Crippen molar-refractivity contribution in [3.63, 3.8) is 0 Å². The van der Waals surface area contributed by atoms with Crippen molar-refractivity contribution in [1.29, 1.82) is 0 Å².